The van der Waals surface area contributed by atoms with Gasteiger partial charge in [0, 0.05) is 37.6 Å². The van der Waals surface area contributed by atoms with Crippen LogP contribution in [0.5, 0.6) is 0 Å². The fraction of sp³-hybridized carbons (Fsp3) is 0.296. The molecule has 3 aromatic heterocycles. The van der Waals surface area contributed by atoms with E-state index in [1.807, 2.05) is 18.2 Å². The van der Waals surface area contributed by atoms with Crippen molar-refractivity contribution in [3.05, 3.63) is 156 Å². The van der Waals surface area contributed by atoms with E-state index in [1.54, 1.807) is 4.40 Å². The van der Waals surface area contributed by atoms with Crippen LogP contribution in [0, 0.1) is 18.2 Å². The molecule has 6 heteroatoms. The third-order valence-electron chi connectivity index (χ3n) is 11.1. The Bertz CT molecular complexity index is 2660. The van der Waals surface area contributed by atoms with Gasteiger partial charge < -0.3 is 8.98 Å². The summed E-state index contributed by atoms with van der Waals surface area (Å²) in [6, 6.07) is 44.0. The zero-order valence-electron chi connectivity index (χ0n) is 37.1. The summed E-state index contributed by atoms with van der Waals surface area (Å²) in [5, 5.41) is 1.04. The smallest absolute Gasteiger partial charge is 0.0774 e. The summed E-state index contributed by atoms with van der Waals surface area (Å²) in [7, 11) is 0. The third kappa shape index (κ3) is 9.65. The molecule has 0 spiro atoms. The summed E-state index contributed by atoms with van der Waals surface area (Å²) in [6.07, 6.45) is 6.52. The van der Waals surface area contributed by atoms with Gasteiger partial charge in [-0.15, -0.1) is 6.07 Å². The molecule has 0 fully saturated rings. The first-order chi connectivity index (χ1) is 28.2. The Morgan fingerprint density at radius 3 is 1.98 bits per heavy atom. The number of pyridine rings is 1. The summed E-state index contributed by atoms with van der Waals surface area (Å²) >= 11 is -1.86. The molecule has 5 aromatic carbocycles. The third-order valence-corrected chi connectivity index (χ3v) is 15.5. The molecular formula is C54H59GeIrN3O-2. The molecule has 0 aliphatic rings. The first-order valence-electron chi connectivity index (χ1n) is 21.3. The molecule has 1 radical (unpaired) electrons. The molecule has 60 heavy (non-hydrogen) atoms. The fourth-order valence-electron chi connectivity index (χ4n) is 8.03. The number of furan rings is 1. The van der Waals surface area contributed by atoms with Crippen LogP contribution >= 0.6 is 0 Å². The van der Waals surface area contributed by atoms with Gasteiger partial charge in [0.15, 0.2) is 0 Å². The molecule has 0 unspecified atom stereocenters. The maximum atomic E-state index is 6.04. The molecule has 8 rings (SSSR count). The molecule has 8 aromatic rings. The summed E-state index contributed by atoms with van der Waals surface area (Å²) in [4.78, 5) is 9.89. The van der Waals surface area contributed by atoms with Crippen molar-refractivity contribution >= 4 is 39.7 Å². The van der Waals surface area contributed by atoms with Crippen LogP contribution in [0.15, 0.2) is 126 Å². The number of aromatic nitrogens is 3. The van der Waals surface area contributed by atoms with Crippen molar-refractivity contribution in [2.75, 3.05) is 0 Å². The van der Waals surface area contributed by atoms with Crippen LogP contribution < -0.4 is 4.40 Å². The summed E-state index contributed by atoms with van der Waals surface area (Å²) < 4.78 is 9.93. The van der Waals surface area contributed by atoms with Crippen molar-refractivity contribution in [1.82, 2.24) is 14.5 Å². The van der Waals surface area contributed by atoms with Gasteiger partial charge in [-0.25, -0.2) is 0 Å². The van der Waals surface area contributed by atoms with Gasteiger partial charge in [-0.1, -0.05) is 113 Å². The zero-order valence-corrected chi connectivity index (χ0v) is 41.6. The van der Waals surface area contributed by atoms with Gasteiger partial charge in [0.1, 0.15) is 0 Å². The Hall–Kier alpha value is -4.55. The van der Waals surface area contributed by atoms with E-state index in [1.165, 1.54) is 39.1 Å². The second kappa shape index (κ2) is 19.0. The van der Waals surface area contributed by atoms with Crippen LogP contribution in [-0.4, -0.2) is 27.8 Å². The number of hydrogen-bond acceptors (Lipinski definition) is 3. The Labute approximate surface area is 374 Å². The van der Waals surface area contributed by atoms with E-state index in [2.05, 4.69) is 193 Å². The zero-order chi connectivity index (χ0) is 42.0. The van der Waals surface area contributed by atoms with Crippen molar-refractivity contribution in [3.63, 3.8) is 0 Å². The number of nitrogens with zero attached hydrogens (tertiary/aromatic N) is 3. The van der Waals surface area contributed by atoms with E-state index in [0.717, 1.165) is 51.1 Å². The molecule has 0 N–H and O–H groups in total. The van der Waals surface area contributed by atoms with Crippen LogP contribution in [0.1, 0.15) is 95.4 Å². The van der Waals surface area contributed by atoms with Gasteiger partial charge in [-0.05, 0) is 64.3 Å². The Morgan fingerprint density at radius 2 is 1.37 bits per heavy atom. The van der Waals surface area contributed by atoms with E-state index in [9.17, 15) is 0 Å². The largest absolute Gasteiger partial charge is 0.557 e. The van der Waals surface area contributed by atoms with E-state index >= 15 is 0 Å². The summed E-state index contributed by atoms with van der Waals surface area (Å²) in [5.41, 5.74) is 15.0. The topological polar surface area (TPSA) is 43.9 Å². The second-order valence-corrected chi connectivity index (χ2v) is 28.9. The first kappa shape index (κ1) is 45.0. The van der Waals surface area contributed by atoms with E-state index in [4.69, 9.17) is 14.4 Å². The molecule has 3 heterocycles. The second-order valence-electron chi connectivity index (χ2n) is 18.3. The molecule has 0 aliphatic heterocycles. The summed E-state index contributed by atoms with van der Waals surface area (Å²) in [6.45, 7) is 18.1. The van der Waals surface area contributed by atoms with Crippen molar-refractivity contribution in [2.45, 2.75) is 96.8 Å². The summed E-state index contributed by atoms with van der Waals surface area (Å²) in [5.74, 6) is 9.91. The molecule has 0 saturated heterocycles. The quantitative estimate of drug-likeness (QED) is 0.101. The van der Waals surface area contributed by atoms with Crippen LogP contribution in [0.2, 0.25) is 17.3 Å². The Morgan fingerprint density at radius 1 is 0.700 bits per heavy atom. The van der Waals surface area contributed by atoms with Gasteiger partial charge in [-0.3, -0.25) is 4.98 Å². The van der Waals surface area contributed by atoms with Gasteiger partial charge in [-0.2, -0.15) is 0 Å². The maximum Gasteiger partial charge on any atom is 0.0774 e. The minimum atomic E-state index is -1.86. The standard InChI is InChI=1S/C36H35N2O.C18H24GeN.Ir/c1-22(2)26-16-17-28-31(21-39-34(28)20-26)36-37-32-14-10-11-15-33(32)38(36)35-29(23(3)4)18-27(19-30(35)24(5)6)25-12-8-7-9-13-25;1-14(2)11-16-12-18(15-9-7-6-8-10-15)20-13-17(16)19(3,4)5;/h7-20,22-24H,1-6H3;6-9,12-14H,11H2,1-5H3;/q2*-1;. The monoisotopic (exact) mass is 1030 g/mol. The predicted octanol–water partition coefficient (Wildman–Crippen LogP) is 14.6. The van der Waals surface area contributed by atoms with Crippen molar-refractivity contribution in [3.8, 4) is 39.5 Å². The fourth-order valence-corrected chi connectivity index (χ4v) is 11.4. The average Bonchev–Trinajstić information content (AvgIpc) is 3.81. The number of para-hydroxylation sites is 2. The van der Waals surface area contributed by atoms with Gasteiger partial charge in [0.25, 0.3) is 0 Å². The minimum Gasteiger partial charge on any atom is -0.557 e. The number of fused-ring (bicyclic) bond motifs is 2. The van der Waals surface area contributed by atoms with Crippen molar-refractivity contribution in [2.24, 2.45) is 5.92 Å². The molecular weight excluding hydrogens is 971 g/mol. The molecule has 0 atom stereocenters. The van der Waals surface area contributed by atoms with Crippen LogP contribution in [-0.2, 0) is 26.5 Å². The van der Waals surface area contributed by atoms with Crippen LogP contribution in [0.3, 0.4) is 0 Å². The van der Waals surface area contributed by atoms with E-state index in [-0.39, 0.29) is 20.1 Å². The maximum absolute atomic E-state index is 6.04. The molecule has 0 aliphatic carbocycles. The normalized spacial score (nSPS) is 11.8. The number of benzene rings is 5. The van der Waals surface area contributed by atoms with Crippen molar-refractivity contribution in [1.29, 1.82) is 0 Å². The Balaban J connectivity index is 0.000000243. The molecule has 0 amide bonds. The molecule has 0 bridgehead atoms. The van der Waals surface area contributed by atoms with E-state index < -0.39 is 13.3 Å². The number of imidazole rings is 1. The first-order valence-corrected chi connectivity index (χ1v) is 28.7. The van der Waals surface area contributed by atoms with Gasteiger partial charge in [0.2, 0.25) is 0 Å². The van der Waals surface area contributed by atoms with Crippen LogP contribution in [0.25, 0.3) is 61.5 Å². The average molecular weight is 1030 g/mol. The number of hydrogen-bond donors (Lipinski definition) is 0. The molecule has 0 saturated carbocycles. The SMILES string of the molecule is CC(C)Cc1cc(-c2[c-]cccc2)nc[c]1[Ge]([CH3])([CH3])[CH3].CC(C)c1ccc2c(-c3nc4ccccc4n3-c3c(C(C)C)cc(-c4ccccc4)cc3C(C)C)[c-]oc2c1.[Ir]. The number of rotatable bonds is 10. The van der Waals surface area contributed by atoms with Gasteiger partial charge in [0.05, 0.1) is 16.9 Å². The predicted molar refractivity (Wildman–Crippen MR) is 253 cm³/mol. The molecule has 4 nitrogen and oxygen atoms in total. The molecule has 311 valence electrons. The van der Waals surface area contributed by atoms with Gasteiger partial charge >= 0.3 is 126 Å². The van der Waals surface area contributed by atoms with E-state index in [0.29, 0.717) is 23.7 Å². The van der Waals surface area contributed by atoms with Crippen LogP contribution in [0.4, 0.5) is 0 Å². The minimum absolute atomic E-state index is 0. The Kier molecular flexibility index (Phi) is 14.3. The van der Waals surface area contributed by atoms with Crippen molar-refractivity contribution < 1.29 is 24.5 Å².